The Hall–Kier alpha value is -1.42. The van der Waals surface area contributed by atoms with Crippen LogP contribution in [0.4, 0.5) is 5.69 Å². The highest BCUT2D eigenvalue weighted by molar-refractivity contribution is 5.43. The van der Waals surface area contributed by atoms with Crippen LogP contribution in [0.1, 0.15) is 23.5 Å². The third-order valence-electron chi connectivity index (χ3n) is 2.71. The van der Waals surface area contributed by atoms with Gasteiger partial charge in [-0.05, 0) is 24.5 Å². The molecule has 0 radical (unpaired) electrons. The summed E-state index contributed by atoms with van der Waals surface area (Å²) in [5, 5.41) is 10.6. The van der Waals surface area contributed by atoms with Gasteiger partial charge in [-0.25, -0.2) is 0 Å². The highest BCUT2D eigenvalue weighted by Crippen LogP contribution is 2.41. The summed E-state index contributed by atoms with van der Waals surface area (Å²) in [7, 11) is 0. The molecule has 1 aliphatic carbocycles. The van der Waals surface area contributed by atoms with Crippen molar-refractivity contribution in [2.75, 3.05) is 0 Å². The van der Waals surface area contributed by atoms with Crippen LogP contribution in [0.15, 0.2) is 18.2 Å². The Labute approximate surface area is 81.9 Å². The van der Waals surface area contributed by atoms with Crippen molar-refractivity contribution in [2.24, 2.45) is 5.73 Å². The van der Waals surface area contributed by atoms with Gasteiger partial charge in [0.1, 0.15) is 0 Å². The largest absolute Gasteiger partial charge is 0.327 e. The maximum absolute atomic E-state index is 10.6. The number of hydrogen-bond acceptors (Lipinski definition) is 3. The smallest absolute Gasteiger partial charge is 0.269 e. The first-order chi connectivity index (χ1) is 6.59. The van der Waals surface area contributed by atoms with E-state index in [4.69, 9.17) is 5.73 Å². The molecule has 1 aromatic carbocycles. The van der Waals surface area contributed by atoms with E-state index in [-0.39, 0.29) is 16.7 Å². The zero-order valence-corrected chi connectivity index (χ0v) is 7.93. The average Bonchev–Trinajstić information content (AvgIpc) is 2.83. The molecule has 0 amide bonds. The second kappa shape index (κ2) is 3.06. The van der Waals surface area contributed by atoms with Gasteiger partial charge in [-0.2, -0.15) is 0 Å². The molecule has 4 heteroatoms. The first-order valence-corrected chi connectivity index (χ1v) is 4.60. The van der Waals surface area contributed by atoms with E-state index in [9.17, 15) is 10.1 Å². The molecule has 14 heavy (non-hydrogen) atoms. The van der Waals surface area contributed by atoms with Gasteiger partial charge in [0, 0.05) is 24.1 Å². The van der Waals surface area contributed by atoms with E-state index in [1.807, 2.05) is 6.92 Å². The van der Waals surface area contributed by atoms with Crippen molar-refractivity contribution in [3.8, 4) is 0 Å². The topological polar surface area (TPSA) is 69.2 Å². The first-order valence-electron chi connectivity index (χ1n) is 4.60. The van der Waals surface area contributed by atoms with Gasteiger partial charge in [0.05, 0.1) is 4.92 Å². The highest BCUT2D eigenvalue weighted by atomic mass is 16.6. The highest BCUT2D eigenvalue weighted by Gasteiger charge is 2.36. The van der Waals surface area contributed by atoms with Crippen LogP contribution in [0.5, 0.6) is 0 Å². The van der Waals surface area contributed by atoms with Gasteiger partial charge in [-0.1, -0.05) is 6.07 Å². The predicted octanol–water partition coefficient (Wildman–Crippen LogP) is 1.72. The number of nitrogens with zero attached hydrogens (tertiary/aromatic N) is 1. The number of rotatable bonds is 2. The Morgan fingerprint density at radius 1 is 1.57 bits per heavy atom. The van der Waals surface area contributed by atoms with Crippen molar-refractivity contribution in [1.82, 2.24) is 0 Å². The predicted molar refractivity (Wildman–Crippen MR) is 53.2 cm³/mol. The van der Waals surface area contributed by atoms with Crippen LogP contribution in [-0.2, 0) is 0 Å². The van der Waals surface area contributed by atoms with Crippen LogP contribution in [0.2, 0.25) is 0 Å². The maximum Gasteiger partial charge on any atom is 0.269 e. The van der Waals surface area contributed by atoms with Crippen molar-refractivity contribution in [3.05, 3.63) is 39.4 Å². The molecule has 0 spiro atoms. The van der Waals surface area contributed by atoms with Gasteiger partial charge in [0.25, 0.3) is 5.69 Å². The molecule has 4 nitrogen and oxygen atoms in total. The summed E-state index contributed by atoms with van der Waals surface area (Å²) < 4.78 is 0. The van der Waals surface area contributed by atoms with Crippen molar-refractivity contribution < 1.29 is 4.92 Å². The third kappa shape index (κ3) is 1.48. The molecule has 2 atom stereocenters. The molecule has 1 saturated carbocycles. The van der Waals surface area contributed by atoms with Gasteiger partial charge in [0.15, 0.2) is 0 Å². The molecule has 2 rings (SSSR count). The van der Waals surface area contributed by atoms with Crippen molar-refractivity contribution in [1.29, 1.82) is 0 Å². The number of nitro groups is 1. The second-order valence-corrected chi connectivity index (χ2v) is 3.80. The average molecular weight is 192 g/mol. The molecule has 2 N–H and O–H groups in total. The lowest BCUT2D eigenvalue weighted by Crippen LogP contribution is -2.02. The lowest BCUT2D eigenvalue weighted by molar-refractivity contribution is -0.384. The minimum absolute atomic E-state index is 0.157. The molecule has 0 heterocycles. The number of non-ortho nitro benzene ring substituents is 1. The van der Waals surface area contributed by atoms with Crippen LogP contribution in [0.25, 0.3) is 0 Å². The standard InChI is InChI=1S/C10H12N2O2/c1-6-2-3-7(12(13)14)4-8(6)9-5-10(9)11/h2-4,9-10H,5,11H2,1H3/t9-,10+/m0/s1. The van der Waals surface area contributed by atoms with Crippen molar-refractivity contribution in [3.63, 3.8) is 0 Å². The molecule has 0 aliphatic heterocycles. The number of hydrogen-bond donors (Lipinski definition) is 1. The molecule has 1 fully saturated rings. The summed E-state index contributed by atoms with van der Waals surface area (Å²) in [5.41, 5.74) is 8.01. The lowest BCUT2D eigenvalue weighted by atomic mass is 10.0. The maximum atomic E-state index is 10.6. The van der Waals surface area contributed by atoms with E-state index in [0.29, 0.717) is 5.92 Å². The second-order valence-electron chi connectivity index (χ2n) is 3.80. The van der Waals surface area contributed by atoms with Crippen LogP contribution in [0, 0.1) is 17.0 Å². The summed E-state index contributed by atoms with van der Waals surface area (Å²) in [5.74, 6) is 0.329. The zero-order chi connectivity index (χ0) is 10.3. The number of nitrogens with two attached hydrogens (primary N) is 1. The molecule has 1 aliphatic rings. The quantitative estimate of drug-likeness (QED) is 0.573. The van der Waals surface area contributed by atoms with E-state index < -0.39 is 0 Å². The fourth-order valence-corrected chi connectivity index (χ4v) is 1.71. The van der Waals surface area contributed by atoms with E-state index in [1.54, 1.807) is 12.1 Å². The van der Waals surface area contributed by atoms with E-state index in [0.717, 1.165) is 17.5 Å². The molecule has 0 saturated heterocycles. The van der Waals surface area contributed by atoms with Crippen molar-refractivity contribution in [2.45, 2.75) is 25.3 Å². The molecule has 0 aromatic heterocycles. The molecule has 74 valence electrons. The fourth-order valence-electron chi connectivity index (χ4n) is 1.71. The van der Waals surface area contributed by atoms with Crippen LogP contribution in [-0.4, -0.2) is 11.0 Å². The Kier molecular flexibility index (Phi) is 2.00. The molecule has 1 aromatic rings. The van der Waals surface area contributed by atoms with E-state index >= 15 is 0 Å². The summed E-state index contributed by atoms with van der Waals surface area (Å²) in [4.78, 5) is 10.2. The zero-order valence-electron chi connectivity index (χ0n) is 7.93. The lowest BCUT2D eigenvalue weighted by Gasteiger charge is -2.03. The monoisotopic (exact) mass is 192 g/mol. The minimum atomic E-state index is -0.364. The normalized spacial score (nSPS) is 24.7. The molecule has 0 bridgehead atoms. The summed E-state index contributed by atoms with van der Waals surface area (Å²) in [6, 6.07) is 5.16. The molecular formula is C10H12N2O2. The summed E-state index contributed by atoms with van der Waals surface area (Å²) >= 11 is 0. The van der Waals surface area contributed by atoms with Crippen LogP contribution >= 0.6 is 0 Å². The summed E-state index contributed by atoms with van der Waals surface area (Å²) in [6.45, 7) is 1.96. The van der Waals surface area contributed by atoms with Crippen LogP contribution in [0.3, 0.4) is 0 Å². The van der Waals surface area contributed by atoms with E-state index in [2.05, 4.69) is 0 Å². The molecular weight excluding hydrogens is 180 g/mol. The Morgan fingerprint density at radius 2 is 2.21 bits per heavy atom. The van der Waals surface area contributed by atoms with E-state index in [1.165, 1.54) is 6.07 Å². The SMILES string of the molecule is Cc1ccc([N+](=O)[O-])cc1[C@@H]1C[C@H]1N. The first kappa shape index (κ1) is 9.15. The minimum Gasteiger partial charge on any atom is -0.327 e. The molecule has 0 unspecified atom stereocenters. The number of nitro benzene ring substituents is 1. The Bertz CT molecular complexity index is 390. The summed E-state index contributed by atoms with van der Waals surface area (Å²) in [6.07, 6.45) is 0.946. The van der Waals surface area contributed by atoms with Gasteiger partial charge in [-0.15, -0.1) is 0 Å². The van der Waals surface area contributed by atoms with Crippen molar-refractivity contribution >= 4 is 5.69 Å². The number of aryl methyl sites for hydroxylation is 1. The van der Waals surface area contributed by atoms with Gasteiger partial charge >= 0.3 is 0 Å². The Balaban J connectivity index is 2.38. The van der Waals surface area contributed by atoms with Gasteiger partial charge in [0.2, 0.25) is 0 Å². The van der Waals surface area contributed by atoms with Gasteiger partial charge < -0.3 is 5.73 Å². The fraction of sp³-hybridized carbons (Fsp3) is 0.400. The van der Waals surface area contributed by atoms with Gasteiger partial charge in [-0.3, -0.25) is 10.1 Å². The Morgan fingerprint density at radius 3 is 2.71 bits per heavy atom. The number of benzene rings is 1. The third-order valence-corrected chi connectivity index (χ3v) is 2.71. The van der Waals surface area contributed by atoms with Crippen LogP contribution < -0.4 is 5.73 Å².